The molecule has 0 amide bonds. The van der Waals surface area contributed by atoms with Crippen molar-refractivity contribution in [1.29, 1.82) is 0 Å². The van der Waals surface area contributed by atoms with Gasteiger partial charge in [0.05, 0.1) is 0 Å². The van der Waals surface area contributed by atoms with Gasteiger partial charge in [-0.05, 0) is 72.9 Å². The lowest BCUT2D eigenvalue weighted by atomic mass is 10.0. The van der Waals surface area contributed by atoms with E-state index in [1.54, 1.807) is 0 Å². The molecule has 3 aromatic carbocycles. The molecule has 29 heavy (non-hydrogen) atoms. The van der Waals surface area contributed by atoms with E-state index < -0.39 is 0 Å². The quantitative estimate of drug-likeness (QED) is 0.265. The molecule has 0 heterocycles. The van der Waals surface area contributed by atoms with Crippen LogP contribution in [0, 0.1) is 6.92 Å². The molecule has 0 bridgehead atoms. The third-order valence-electron chi connectivity index (χ3n) is 4.60. The maximum Gasteiger partial charge on any atom is 0.0439 e. The second-order valence-electron chi connectivity index (χ2n) is 7.04. The molecule has 4 heteroatoms. The highest BCUT2D eigenvalue weighted by Crippen LogP contribution is 2.31. The van der Waals surface area contributed by atoms with Crippen LogP contribution in [0.2, 0.25) is 10.0 Å². The predicted octanol–water partition coefficient (Wildman–Crippen LogP) is 10.3. The number of hydrogen-bond donors (Lipinski definition) is 0. The molecule has 3 aromatic rings. The Morgan fingerprint density at radius 3 is 2.21 bits per heavy atom. The normalized spacial score (nSPS) is 10.4. The first-order valence-corrected chi connectivity index (χ1v) is 12.2. The van der Waals surface area contributed by atoms with Crippen LogP contribution in [0.3, 0.4) is 0 Å². The summed E-state index contributed by atoms with van der Waals surface area (Å²) in [4.78, 5) is 0. The number of benzene rings is 3. The summed E-state index contributed by atoms with van der Waals surface area (Å²) >= 11 is 19.0. The van der Waals surface area contributed by atoms with Crippen molar-refractivity contribution in [2.24, 2.45) is 0 Å². The monoisotopic (exact) mass is 554 g/mol. The highest BCUT2D eigenvalue weighted by Gasteiger charge is 2.03. The number of hydrogen-bond acceptors (Lipinski definition) is 0. The van der Waals surface area contributed by atoms with Crippen molar-refractivity contribution in [3.8, 4) is 11.1 Å². The van der Waals surface area contributed by atoms with Gasteiger partial charge in [-0.1, -0.05) is 111 Å². The second-order valence-corrected chi connectivity index (χ2v) is 9.65. The Kier molecular flexibility index (Phi) is 10.8. The summed E-state index contributed by atoms with van der Waals surface area (Å²) in [5, 5.41) is 1.62. The summed E-state index contributed by atoms with van der Waals surface area (Å²) in [5.41, 5.74) is 4.90. The molecule has 0 aliphatic heterocycles. The Bertz CT molecular complexity index is 905. The first-order chi connectivity index (χ1) is 13.9. The van der Waals surface area contributed by atoms with Crippen LogP contribution in [0.4, 0.5) is 0 Å². The van der Waals surface area contributed by atoms with Crippen LogP contribution < -0.4 is 0 Å². The SMILES string of the molecule is CCCCCCc1cc(Cl)ccc1Cl.Cc1ccc(-c2cc(Br)ccc2Br)cc1. The lowest BCUT2D eigenvalue weighted by Gasteiger charge is -2.05. The molecule has 0 aromatic heterocycles. The average molecular weight is 557 g/mol. The number of unbranched alkanes of at least 4 members (excludes halogenated alkanes) is 3. The maximum atomic E-state index is 6.05. The van der Waals surface area contributed by atoms with Gasteiger partial charge in [0.25, 0.3) is 0 Å². The summed E-state index contributed by atoms with van der Waals surface area (Å²) in [6, 6.07) is 20.4. The molecule has 0 saturated heterocycles. The van der Waals surface area contributed by atoms with Crippen LogP contribution in [-0.2, 0) is 6.42 Å². The van der Waals surface area contributed by atoms with E-state index >= 15 is 0 Å². The lowest BCUT2D eigenvalue weighted by Crippen LogP contribution is -1.87. The van der Waals surface area contributed by atoms with E-state index in [1.165, 1.54) is 47.9 Å². The van der Waals surface area contributed by atoms with Crippen molar-refractivity contribution in [2.45, 2.75) is 46.0 Å². The fourth-order valence-electron chi connectivity index (χ4n) is 2.93. The smallest absolute Gasteiger partial charge is 0.0439 e. The predicted molar refractivity (Wildman–Crippen MR) is 136 cm³/mol. The molecule has 0 saturated carbocycles. The van der Waals surface area contributed by atoms with Crippen molar-refractivity contribution in [3.05, 3.63) is 90.8 Å². The molecule has 0 N–H and O–H groups in total. The zero-order valence-electron chi connectivity index (χ0n) is 16.8. The largest absolute Gasteiger partial charge is 0.0843 e. The van der Waals surface area contributed by atoms with E-state index in [2.05, 4.69) is 82.1 Å². The first kappa shape index (κ1) is 24.5. The molecule has 0 fully saturated rings. The van der Waals surface area contributed by atoms with Crippen LogP contribution in [-0.4, -0.2) is 0 Å². The van der Waals surface area contributed by atoms with Crippen LogP contribution in [0.5, 0.6) is 0 Å². The summed E-state index contributed by atoms with van der Waals surface area (Å²) in [7, 11) is 0. The van der Waals surface area contributed by atoms with E-state index in [0.717, 1.165) is 25.4 Å². The highest BCUT2D eigenvalue weighted by molar-refractivity contribution is 9.11. The van der Waals surface area contributed by atoms with E-state index in [4.69, 9.17) is 23.2 Å². The Balaban J connectivity index is 0.000000208. The van der Waals surface area contributed by atoms with Gasteiger partial charge in [0.1, 0.15) is 0 Å². The van der Waals surface area contributed by atoms with Crippen LogP contribution in [0.15, 0.2) is 69.6 Å². The molecule has 0 aliphatic rings. The van der Waals surface area contributed by atoms with Gasteiger partial charge >= 0.3 is 0 Å². The molecule has 0 atom stereocenters. The average Bonchev–Trinajstić information content (AvgIpc) is 2.71. The van der Waals surface area contributed by atoms with Gasteiger partial charge in [-0.3, -0.25) is 0 Å². The van der Waals surface area contributed by atoms with E-state index in [0.29, 0.717) is 0 Å². The number of halogens is 4. The first-order valence-electron chi connectivity index (χ1n) is 9.86. The summed E-state index contributed by atoms with van der Waals surface area (Å²) in [6.07, 6.45) is 6.09. The fourth-order valence-corrected chi connectivity index (χ4v) is 4.17. The minimum atomic E-state index is 0.778. The van der Waals surface area contributed by atoms with Crippen molar-refractivity contribution >= 4 is 55.1 Å². The Labute approximate surface area is 201 Å². The van der Waals surface area contributed by atoms with Gasteiger partial charge in [0.15, 0.2) is 0 Å². The summed E-state index contributed by atoms with van der Waals surface area (Å²) < 4.78 is 2.22. The van der Waals surface area contributed by atoms with Crippen molar-refractivity contribution < 1.29 is 0 Å². The van der Waals surface area contributed by atoms with Gasteiger partial charge in [-0.2, -0.15) is 0 Å². The van der Waals surface area contributed by atoms with E-state index in [-0.39, 0.29) is 0 Å². The van der Waals surface area contributed by atoms with Crippen LogP contribution in [0.25, 0.3) is 11.1 Å². The maximum absolute atomic E-state index is 6.05. The van der Waals surface area contributed by atoms with Crippen molar-refractivity contribution in [3.63, 3.8) is 0 Å². The zero-order valence-corrected chi connectivity index (χ0v) is 21.5. The van der Waals surface area contributed by atoms with Crippen molar-refractivity contribution in [1.82, 2.24) is 0 Å². The number of aryl methyl sites for hydroxylation is 2. The second kappa shape index (κ2) is 12.8. The molecule has 3 rings (SSSR count). The lowest BCUT2D eigenvalue weighted by molar-refractivity contribution is 0.667. The number of rotatable bonds is 6. The highest BCUT2D eigenvalue weighted by atomic mass is 79.9. The molecule has 0 spiro atoms. The summed E-state index contributed by atoms with van der Waals surface area (Å²) in [5.74, 6) is 0. The van der Waals surface area contributed by atoms with Gasteiger partial charge in [0.2, 0.25) is 0 Å². The minimum absolute atomic E-state index is 0.778. The topological polar surface area (TPSA) is 0 Å². The Hall–Kier alpha value is -0.800. The molecule has 0 aliphatic carbocycles. The molecule has 0 unspecified atom stereocenters. The van der Waals surface area contributed by atoms with Gasteiger partial charge in [-0.25, -0.2) is 0 Å². The van der Waals surface area contributed by atoms with Crippen LogP contribution >= 0.6 is 55.1 Å². The third-order valence-corrected chi connectivity index (χ3v) is 6.39. The standard InChI is InChI=1S/C13H10Br2.C12H16Cl2/c1-9-2-4-10(5-3-9)12-8-11(14)6-7-13(12)15;1-2-3-4-5-6-10-9-11(13)7-8-12(10)14/h2-8H,1H3;7-9H,2-6H2,1H3. The molecule has 0 radical (unpaired) electrons. The fraction of sp³-hybridized carbons (Fsp3) is 0.280. The van der Waals surface area contributed by atoms with Gasteiger partial charge in [-0.15, -0.1) is 0 Å². The zero-order chi connectivity index (χ0) is 21.2. The van der Waals surface area contributed by atoms with E-state index in [1.807, 2.05) is 24.3 Å². The van der Waals surface area contributed by atoms with E-state index in [9.17, 15) is 0 Å². The van der Waals surface area contributed by atoms with Gasteiger partial charge in [0, 0.05) is 19.0 Å². The Morgan fingerprint density at radius 2 is 1.52 bits per heavy atom. The molecule has 154 valence electrons. The van der Waals surface area contributed by atoms with Gasteiger partial charge < -0.3 is 0 Å². The summed E-state index contributed by atoms with van der Waals surface area (Å²) in [6.45, 7) is 4.31. The third kappa shape index (κ3) is 8.45. The van der Waals surface area contributed by atoms with Crippen LogP contribution in [0.1, 0.15) is 43.7 Å². The molecular formula is C25H26Br2Cl2. The van der Waals surface area contributed by atoms with Crippen molar-refractivity contribution in [2.75, 3.05) is 0 Å². The molecule has 0 nitrogen and oxygen atoms in total. The minimum Gasteiger partial charge on any atom is -0.0843 e. The molecular weight excluding hydrogens is 531 g/mol. The Morgan fingerprint density at radius 1 is 0.793 bits per heavy atom.